The predicted octanol–water partition coefficient (Wildman–Crippen LogP) is 3.13. The Morgan fingerprint density at radius 1 is 1.28 bits per heavy atom. The lowest BCUT2D eigenvalue weighted by Crippen LogP contribution is -2.30. The van der Waals surface area contributed by atoms with Gasteiger partial charge in [0.1, 0.15) is 5.82 Å². The Balaban J connectivity index is 1.95. The van der Waals surface area contributed by atoms with Gasteiger partial charge in [-0.25, -0.2) is 4.98 Å². The van der Waals surface area contributed by atoms with E-state index < -0.39 is 0 Å². The summed E-state index contributed by atoms with van der Waals surface area (Å²) in [5.41, 5.74) is 1.28. The summed E-state index contributed by atoms with van der Waals surface area (Å²) in [5.74, 6) is 1.14. The number of anilines is 1. The third-order valence-electron chi connectivity index (χ3n) is 3.65. The van der Waals surface area contributed by atoms with Crippen molar-refractivity contribution in [1.29, 1.82) is 0 Å². The average molecular weight is 247 g/mol. The molecule has 1 atom stereocenters. The summed E-state index contributed by atoms with van der Waals surface area (Å²) in [6.07, 6.45) is 7.17. The van der Waals surface area contributed by atoms with E-state index in [1.165, 1.54) is 31.2 Å². The van der Waals surface area contributed by atoms with Gasteiger partial charge < -0.3 is 10.2 Å². The van der Waals surface area contributed by atoms with Crippen molar-refractivity contribution in [3.05, 3.63) is 23.9 Å². The van der Waals surface area contributed by atoms with E-state index in [0.29, 0.717) is 6.04 Å². The van der Waals surface area contributed by atoms with Crippen LogP contribution < -0.4 is 10.2 Å². The zero-order chi connectivity index (χ0) is 12.8. The maximum atomic E-state index is 4.62. The Morgan fingerprint density at radius 2 is 2.06 bits per heavy atom. The summed E-state index contributed by atoms with van der Waals surface area (Å²) in [6.45, 7) is 7.78. The normalized spacial score (nSPS) is 17.8. The molecular formula is C15H25N3. The number of pyridine rings is 1. The molecule has 3 heteroatoms. The molecule has 1 fully saturated rings. The van der Waals surface area contributed by atoms with Crippen molar-refractivity contribution in [2.75, 3.05) is 24.5 Å². The molecule has 100 valence electrons. The minimum absolute atomic E-state index is 0.396. The summed E-state index contributed by atoms with van der Waals surface area (Å²) in [5, 5.41) is 3.49. The van der Waals surface area contributed by atoms with Gasteiger partial charge in [-0.15, -0.1) is 0 Å². The van der Waals surface area contributed by atoms with Gasteiger partial charge in [-0.05, 0) is 50.8 Å². The summed E-state index contributed by atoms with van der Waals surface area (Å²) in [6, 6.07) is 4.78. The number of nitrogens with zero attached hydrogens (tertiary/aromatic N) is 2. The molecule has 1 aromatic heterocycles. The van der Waals surface area contributed by atoms with E-state index in [1.54, 1.807) is 0 Å². The molecule has 1 N–H and O–H groups in total. The third kappa shape index (κ3) is 3.45. The van der Waals surface area contributed by atoms with Crippen LogP contribution in [-0.2, 0) is 0 Å². The van der Waals surface area contributed by atoms with E-state index in [1.807, 2.05) is 6.20 Å². The van der Waals surface area contributed by atoms with Crippen LogP contribution in [0, 0.1) is 0 Å². The molecular weight excluding hydrogens is 222 g/mol. The molecule has 1 aromatic rings. The van der Waals surface area contributed by atoms with Crippen LogP contribution in [0.4, 0.5) is 5.82 Å². The van der Waals surface area contributed by atoms with E-state index in [0.717, 1.165) is 25.5 Å². The van der Waals surface area contributed by atoms with Gasteiger partial charge in [0.05, 0.1) is 0 Å². The van der Waals surface area contributed by atoms with E-state index in [-0.39, 0.29) is 0 Å². The predicted molar refractivity (Wildman–Crippen MR) is 77.0 cm³/mol. The Labute approximate surface area is 111 Å². The molecule has 18 heavy (non-hydrogen) atoms. The highest BCUT2D eigenvalue weighted by Gasteiger charge is 2.12. The lowest BCUT2D eigenvalue weighted by molar-refractivity contribution is 0.564. The van der Waals surface area contributed by atoms with Gasteiger partial charge in [0.25, 0.3) is 0 Å². The minimum atomic E-state index is 0.396. The number of hydrogen-bond donors (Lipinski definition) is 1. The molecule has 0 spiro atoms. The number of hydrogen-bond acceptors (Lipinski definition) is 3. The number of nitrogens with one attached hydrogen (secondary N) is 1. The molecule has 0 bridgehead atoms. The van der Waals surface area contributed by atoms with Crippen LogP contribution in [0.5, 0.6) is 0 Å². The summed E-state index contributed by atoms with van der Waals surface area (Å²) in [7, 11) is 0. The molecule has 3 nitrogen and oxygen atoms in total. The first kappa shape index (κ1) is 13.3. The molecule has 1 saturated heterocycles. The SMILES string of the molecule is CCCNC(C)c1ccc(N2CCCCC2)nc1. The van der Waals surface area contributed by atoms with Crippen molar-refractivity contribution in [1.82, 2.24) is 10.3 Å². The van der Waals surface area contributed by atoms with Gasteiger partial charge in [0.15, 0.2) is 0 Å². The first-order valence-electron chi connectivity index (χ1n) is 7.25. The van der Waals surface area contributed by atoms with E-state index in [9.17, 15) is 0 Å². The zero-order valence-electron chi connectivity index (χ0n) is 11.7. The molecule has 1 aliphatic heterocycles. The summed E-state index contributed by atoms with van der Waals surface area (Å²) in [4.78, 5) is 7.02. The zero-order valence-corrected chi connectivity index (χ0v) is 11.7. The van der Waals surface area contributed by atoms with Gasteiger partial charge in [0.2, 0.25) is 0 Å². The molecule has 0 radical (unpaired) electrons. The number of piperidine rings is 1. The fraction of sp³-hybridized carbons (Fsp3) is 0.667. The van der Waals surface area contributed by atoms with Crippen LogP contribution in [0.3, 0.4) is 0 Å². The van der Waals surface area contributed by atoms with Crippen LogP contribution in [0.2, 0.25) is 0 Å². The highest BCUT2D eigenvalue weighted by atomic mass is 15.2. The molecule has 0 saturated carbocycles. The van der Waals surface area contributed by atoms with Gasteiger partial charge in [-0.2, -0.15) is 0 Å². The largest absolute Gasteiger partial charge is 0.357 e. The second-order valence-electron chi connectivity index (χ2n) is 5.17. The molecule has 0 aromatic carbocycles. The van der Waals surface area contributed by atoms with Crippen LogP contribution in [0.25, 0.3) is 0 Å². The van der Waals surface area contributed by atoms with E-state index in [4.69, 9.17) is 0 Å². The number of rotatable bonds is 5. The smallest absolute Gasteiger partial charge is 0.128 e. The van der Waals surface area contributed by atoms with Crippen LogP contribution in [0.1, 0.15) is 51.1 Å². The molecule has 0 amide bonds. The average Bonchev–Trinajstić information content (AvgIpc) is 2.46. The Kier molecular flexibility index (Phi) is 5.00. The lowest BCUT2D eigenvalue weighted by Gasteiger charge is -2.28. The van der Waals surface area contributed by atoms with Crippen molar-refractivity contribution in [3.8, 4) is 0 Å². The molecule has 1 unspecified atom stereocenters. The highest BCUT2D eigenvalue weighted by molar-refractivity contribution is 5.40. The lowest BCUT2D eigenvalue weighted by atomic mass is 10.1. The quantitative estimate of drug-likeness (QED) is 0.866. The topological polar surface area (TPSA) is 28.2 Å². The van der Waals surface area contributed by atoms with Crippen molar-refractivity contribution < 1.29 is 0 Å². The molecule has 1 aliphatic rings. The van der Waals surface area contributed by atoms with Crippen molar-refractivity contribution in [2.45, 2.75) is 45.6 Å². The van der Waals surface area contributed by atoms with Crippen molar-refractivity contribution >= 4 is 5.82 Å². The maximum absolute atomic E-state index is 4.62. The first-order chi connectivity index (χ1) is 8.81. The third-order valence-corrected chi connectivity index (χ3v) is 3.65. The number of aromatic nitrogens is 1. The second-order valence-corrected chi connectivity index (χ2v) is 5.17. The van der Waals surface area contributed by atoms with Crippen LogP contribution in [-0.4, -0.2) is 24.6 Å². The maximum Gasteiger partial charge on any atom is 0.128 e. The molecule has 2 rings (SSSR count). The highest BCUT2D eigenvalue weighted by Crippen LogP contribution is 2.19. The van der Waals surface area contributed by atoms with Crippen molar-refractivity contribution in [2.24, 2.45) is 0 Å². The fourth-order valence-electron chi connectivity index (χ4n) is 2.44. The monoisotopic (exact) mass is 247 g/mol. The van der Waals surface area contributed by atoms with Gasteiger partial charge >= 0.3 is 0 Å². The van der Waals surface area contributed by atoms with E-state index in [2.05, 4.69) is 41.2 Å². The van der Waals surface area contributed by atoms with Crippen LogP contribution in [0.15, 0.2) is 18.3 Å². The van der Waals surface area contributed by atoms with Crippen molar-refractivity contribution in [3.63, 3.8) is 0 Å². The molecule has 2 heterocycles. The Bertz CT molecular complexity index is 341. The molecule has 0 aliphatic carbocycles. The fourth-order valence-corrected chi connectivity index (χ4v) is 2.44. The minimum Gasteiger partial charge on any atom is -0.357 e. The second kappa shape index (κ2) is 6.74. The Hall–Kier alpha value is -1.09. The first-order valence-corrected chi connectivity index (χ1v) is 7.25. The summed E-state index contributed by atoms with van der Waals surface area (Å²) >= 11 is 0. The van der Waals surface area contributed by atoms with Gasteiger partial charge in [-0.3, -0.25) is 0 Å². The van der Waals surface area contributed by atoms with Gasteiger partial charge in [-0.1, -0.05) is 13.0 Å². The summed E-state index contributed by atoms with van der Waals surface area (Å²) < 4.78 is 0. The van der Waals surface area contributed by atoms with E-state index >= 15 is 0 Å². The van der Waals surface area contributed by atoms with Crippen LogP contribution >= 0.6 is 0 Å². The Morgan fingerprint density at radius 3 is 2.67 bits per heavy atom. The van der Waals surface area contributed by atoms with Gasteiger partial charge in [0, 0.05) is 25.3 Å². The standard InChI is InChI=1S/C15H25N3/c1-3-9-16-13(2)14-7-8-15(17-12-14)18-10-5-4-6-11-18/h7-8,12-13,16H,3-6,9-11H2,1-2H3.